The van der Waals surface area contributed by atoms with Crippen LogP contribution in [0.5, 0.6) is 0 Å². The molecule has 160 valence electrons. The van der Waals surface area contributed by atoms with E-state index < -0.39 is 5.41 Å². The monoisotopic (exact) mass is 407 g/mol. The Morgan fingerprint density at radius 2 is 1.80 bits per heavy atom. The number of piperidine rings is 1. The van der Waals surface area contributed by atoms with Crippen LogP contribution >= 0.6 is 0 Å². The summed E-state index contributed by atoms with van der Waals surface area (Å²) in [7, 11) is 0. The summed E-state index contributed by atoms with van der Waals surface area (Å²) in [6.45, 7) is 7.64. The second kappa shape index (κ2) is 9.27. The van der Waals surface area contributed by atoms with Crippen LogP contribution in [0.25, 0.3) is 0 Å². The van der Waals surface area contributed by atoms with Crippen LogP contribution in [0.4, 0.5) is 0 Å². The van der Waals surface area contributed by atoms with E-state index in [1.165, 1.54) is 11.1 Å². The van der Waals surface area contributed by atoms with Crippen molar-refractivity contribution >= 4 is 5.91 Å². The molecule has 2 aromatic rings. The lowest BCUT2D eigenvalue weighted by Crippen LogP contribution is -2.53. The third-order valence-electron chi connectivity index (χ3n) is 7.04. The number of amides is 1. The van der Waals surface area contributed by atoms with Crippen LogP contribution in [-0.2, 0) is 14.9 Å². The van der Waals surface area contributed by atoms with E-state index in [1.54, 1.807) is 0 Å². The molecule has 2 saturated heterocycles. The maximum Gasteiger partial charge on any atom is 0.231 e. The highest BCUT2D eigenvalue weighted by molar-refractivity contribution is 5.89. The first-order valence-electron chi connectivity index (χ1n) is 11.2. The Hall–Kier alpha value is -2.24. The predicted octanol–water partition coefficient (Wildman–Crippen LogP) is 3.78. The molecule has 0 bridgehead atoms. The first-order chi connectivity index (χ1) is 14.6. The van der Waals surface area contributed by atoms with E-state index in [2.05, 4.69) is 53.3 Å². The third-order valence-corrected chi connectivity index (χ3v) is 7.04. The van der Waals surface area contributed by atoms with Crippen molar-refractivity contribution < 1.29 is 9.53 Å². The largest absolute Gasteiger partial charge is 0.381 e. The highest BCUT2D eigenvalue weighted by atomic mass is 16.5. The predicted molar refractivity (Wildman–Crippen MR) is 118 cm³/mol. The average Bonchev–Trinajstić information content (AvgIpc) is 2.80. The van der Waals surface area contributed by atoms with Crippen molar-refractivity contribution in [1.29, 1.82) is 0 Å². The zero-order valence-corrected chi connectivity index (χ0v) is 18.1. The SMILES string of the molecule is Cc1ccccc1C1(C(=O)NC2CCN(C(C)c3ccncc3)CC2)CCOCC1. The van der Waals surface area contributed by atoms with Crippen molar-refractivity contribution in [3.63, 3.8) is 0 Å². The van der Waals surface area contributed by atoms with Gasteiger partial charge in [0.2, 0.25) is 5.91 Å². The molecule has 1 N–H and O–H groups in total. The summed E-state index contributed by atoms with van der Waals surface area (Å²) in [5.74, 6) is 0.181. The highest BCUT2D eigenvalue weighted by Gasteiger charge is 2.43. The van der Waals surface area contributed by atoms with Crippen LogP contribution < -0.4 is 5.32 Å². The van der Waals surface area contributed by atoms with Gasteiger partial charge < -0.3 is 10.1 Å². The molecule has 1 unspecified atom stereocenters. The molecule has 2 aliphatic heterocycles. The third kappa shape index (κ3) is 4.28. The quantitative estimate of drug-likeness (QED) is 0.820. The number of rotatable bonds is 5. The Balaban J connectivity index is 1.41. The summed E-state index contributed by atoms with van der Waals surface area (Å²) < 4.78 is 5.62. The van der Waals surface area contributed by atoms with Gasteiger partial charge in [-0.15, -0.1) is 0 Å². The Labute approximate surface area is 179 Å². The summed E-state index contributed by atoms with van der Waals surface area (Å²) >= 11 is 0. The summed E-state index contributed by atoms with van der Waals surface area (Å²) in [6, 6.07) is 13.1. The molecule has 4 rings (SSSR count). The molecule has 0 saturated carbocycles. The second-order valence-corrected chi connectivity index (χ2v) is 8.75. The Kier molecular flexibility index (Phi) is 6.49. The van der Waals surface area contributed by atoms with E-state index >= 15 is 0 Å². The Morgan fingerprint density at radius 3 is 2.47 bits per heavy atom. The molecule has 0 aliphatic carbocycles. The standard InChI is InChI=1S/C25H33N3O2/c1-19-5-3-4-6-23(19)25(11-17-30-18-12-25)24(29)27-22-9-15-28(16-10-22)20(2)21-7-13-26-14-8-21/h3-8,13-14,20,22H,9-12,15-18H2,1-2H3,(H,27,29). The number of aryl methyl sites for hydroxylation is 1. The van der Waals surface area contributed by atoms with Gasteiger partial charge in [0.25, 0.3) is 0 Å². The van der Waals surface area contributed by atoms with Crippen LogP contribution in [0.2, 0.25) is 0 Å². The molecule has 0 spiro atoms. The zero-order chi connectivity index (χ0) is 21.0. The van der Waals surface area contributed by atoms with E-state index in [0.29, 0.717) is 19.3 Å². The molecule has 1 aromatic carbocycles. The van der Waals surface area contributed by atoms with Crippen LogP contribution in [-0.4, -0.2) is 48.1 Å². The minimum Gasteiger partial charge on any atom is -0.381 e. The van der Waals surface area contributed by atoms with E-state index in [9.17, 15) is 4.79 Å². The topological polar surface area (TPSA) is 54.5 Å². The van der Waals surface area contributed by atoms with Gasteiger partial charge in [-0.2, -0.15) is 0 Å². The number of pyridine rings is 1. The van der Waals surface area contributed by atoms with Crippen LogP contribution in [0.3, 0.4) is 0 Å². The number of carbonyl (C=O) groups excluding carboxylic acids is 1. The van der Waals surface area contributed by atoms with Gasteiger partial charge in [-0.25, -0.2) is 0 Å². The summed E-state index contributed by atoms with van der Waals surface area (Å²) in [5.41, 5.74) is 3.18. The van der Waals surface area contributed by atoms with E-state index in [-0.39, 0.29) is 11.9 Å². The van der Waals surface area contributed by atoms with Crippen LogP contribution in [0, 0.1) is 6.92 Å². The number of carbonyl (C=O) groups is 1. The fourth-order valence-corrected chi connectivity index (χ4v) is 5.06. The van der Waals surface area contributed by atoms with E-state index in [1.807, 2.05) is 24.5 Å². The molecule has 1 aromatic heterocycles. The van der Waals surface area contributed by atoms with Gasteiger partial charge in [0.15, 0.2) is 0 Å². The van der Waals surface area contributed by atoms with Crippen molar-refractivity contribution in [1.82, 2.24) is 15.2 Å². The number of hydrogen-bond donors (Lipinski definition) is 1. The van der Waals surface area contributed by atoms with Gasteiger partial charge in [0.05, 0.1) is 5.41 Å². The molecule has 3 heterocycles. The van der Waals surface area contributed by atoms with Crippen molar-refractivity contribution in [2.45, 2.75) is 57.0 Å². The molecule has 0 radical (unpaired) electrons. The number of likely N-dealkylation sites (tertiary alicyclic amines) is 1. The van der Waals surface area contributed by atoms with Crippen molar-refractivity contribution in [3.05, 3.63) is 65.5 Å². The Bertz CT molecular complexity index is 840. The fraction of sp³-hybridized carbons (Fsp3) is 0.520. The first-order valence-corrected chi connectivity index (χ1v) is 11.2. The molecule has 5 nitrogen and oxygen atoms in total. The molecular weight excluding hydrogens is 374 g/mol. The molecule has 1 amide bonds. The number of nitrogens with zero attached hydrogens (tertiary/aromatic N) is 2. The lowest BCUT2D eigenvalue weighted by Gasteiger charge is -2.40. The highest BCUT2D eigenvalue weighted by Crippen LogP contribution is 2.37. The first kappa shape index (κ1) is 21.0. The minimum atomic E-state index is -0.467. The number of hydrogen-bond acceptors (Lipinski definition) is 4. The molecule has 5 heteroatoms. The molecule has 2 fully saturated rings. The summed E-state index contributed by atoms with van der Waals surface area (Å²) in [6.07, 6.45) is 7.20. The number of benzene rings is 1. The number of ether oxygens (including phenoxy) is 1. The summed E-state index contributed by atoms with van der Waals surface area (Å²) in [5, 5.41) is 3.42. The van der Waals surface area contributed by atoms with E-state index in [4.69, 9.17) is 4.74 Å². The number of aromatic nitrogens is 1. The van der Waals surface area contributed by atoms with Gasteiger partial charge in [0, 0.05) is 50.8 Å². The van der Waals surface area contributed by atoms with Gasteiger partial charge >= 0.3 is 0 Å². The fourth-order valence-electron chi connectivity index (χ4n) is 5.06. The van der Waals surface area contributed by atoms with Gasteiger partial charge in [-0.1, -0.05) is 24.3 Å². The minimum absolute atomic E-state index is 0.181. The summed E-state index contributed by atoms with van der Waals surface area (Å²) in [4.78, 5) is 20.2. The average molecular weight is 408 g/mol. The molecule has 1 atom stereocenters. The van der Waals surface area contributed by atoms with E-state index in [0.717, 1.165) is 44.3 Å². The smallest absolute Gasteiger partial charge is 0.231 e. The second-order valence-electron chi connectivity index (χ2n) is 8.75. The maximum absolute atomic E-state index is 13.6. The Morgan fingerprint density at radius 1 is 1.13 bits per heavy atom. The van der Waals surface area contributed by atoms with Crippen molar-refractivity contribution in [2.75, 3.05) is 26.3 Å². The molecule has 2 aliphatic rings. The van der Waals surface area contributed by atoms with Crippen molar-refractivity contribution in [3.8, 4) is 0 Å². The normalized spacial score (nSPS) is 21.1. The zero-order valence-electron chi connectivity index (χ0n) is 18.1. The lowest BCUT2D eigenvalue weighted by molar-refractivity contribution is -0.131. The molecule has 30 heavy (non-hydrogen) atoms. The van der Waals surface area contributed by atoms with Gasteiger partial charge in [0.1, 0.15) is 0 Å². The van der Waals surface area contributed by atoms with Crippen molar-refractivity contribution in [2.24, 2.45) is 0 Å². The van der Waals surface area contributed by atoms with Gasteiger partial charge in [-0.3, -0.25) is 14.7 Å². The van der Waals surface area contributed by atoms with Crippen LogP contribution in [0.1, 0.15) is 55.3 Å². The maximum atomic E-state index is 13.6. The lowest BCUT2D eigenvalue weighted by atomic mass is 9.71. The van der Waals surface area contributed by atoms with Crippen LogP contribution in [0.15, 0.2) is 48.8 Å². The number of nitrogens with one attached hydrogen (secondary N) is 1. The van der Waals surface area contributed by atoms with Gasteiger partial charge in [-0.05, 0) is 68.4 Å². The molecular formula is C25H33N3O2.